The van der Waals surface area contributed by atoms with Crippen molar-refractivity contribution in [3.63, 3.8) is 0 Å². The van der Waals surface area contributed by atoms with Crippen molar-refractivity contribution in [2.75, 3.05) is 0 Å². The molecule has 1 atom stereocenters. The Balaban J connectivity index is 1.76. The Morgan fingerprint density at radius 3 is 2.07 bits per heavy atom. The molecule has 142 valence electrons. The molecular weight excluding hydrogens is 354 g/mol. The van der Waals surface area contributed by atoms with Crippen LogP contribution in [0.1, 0.15) is 49.9 Å². The number of thiol groups is 1. The lowest BCUT2D eigenvalue weighted by molar-refractivity contribution is -0.123. The van der Waals surface area contributed by atoms with Crippen LogP contribution in [0.4, 0.5) is 0 Å². The summed E-state index contributed by atoms with van der Waals surface area (Å²) < 4.78 is -0.766. The number of hydrogen-bond donors (Lipinski definition) is 2. The van der Waals surface area contributed by atoms with Crippen LogP contribution in [0, 0.1) is 5.92 Å². The Bertz CT molecular complexity index is 787. The smallest absolute Gasteiger partial charge is 0.251 e. The van der Waals surface area contributed by atoms with E-state index in [1.165, 1.54) is 0 Å². The van der Waals surface area contributed by atoms with Gasteiger partial charge in [0.15, 0.2) is 5.78 Å². The van der Waals surface area contributed by atoms with E-state index in [9.17, 15) is 9.59 Å². The molecule has 2 aromatic rings. The average molecular weight is 382 g/mol. The average Bonchev–Trinajstić information content (AvgIpc) is 3.20. The molecule has 1 amide bonds. The normalized spacial score (nSPS) is 16.1. The van der Waals surface area contributed by atoms with E-state index in [2.05, 4.69) is 17.9 Å². The van der Waals surface area contributed by atoms with Gasteiger partial charge in [0.05, 0.1) is 10.8 Å². The van der Waals surface area contributed by atoms with Crippen molar-refractivity contribution in [2.45, 2.75) is 50.3 Å². The highest BCUT2D eigenvalue weighted by molar-refractivity contribution is 7.82. The van der Waals surface area contributed by atoms with E-state index in [-0.39, 0.29) is 17.6 Å². The van der Waals surface area contributed by atoms with Crippen LogP contribution in [0.15, 0.2) is 54.6 Å². The largest absolute Gasteiger partial charge is 0.342 e. The van der Waals surface area contributed by atoms with E-state index in [4.69, 9.17) is 0 Å². The number of carbonyl (C=O) groups excluding carboxylic acids is 2. The maximum absolute atomic E-state index is 12.9. The predicted octanol–water partition coefficient (Wildman–Crippen LogP) is 4.92. The molecule has 3 nitrogen and oxygen atoms in total. The van der Waals surface area contributed by atoms with Crippen LogP contribution >= 0.6 is 12.6 Å². The fraction of sp³-hybridized carbons (Fsp3) is 0.391. The van der Waals surface area contributed by atoms with Gasteiger partial charge in [-0.2, -0.15) is 12.6 Å². The number of carbonyl (C=O) groups is 2. The lowest BCUT2D eigenvalue weighted by Crippen LogP contribution is -2.50. The second-order valence-electron chi connectivity index (χ2n) is 7.86. The molecule has 1 aliphatic rings. The molecule has 0 aliphatic heterocycles. The molecule has 3 rings (SSSR count). The van der Waals surface area contributed by atoms with Crippen molar-refractivity contribution in [1.29, 1.82) is 0 Å². The molecule has 4 heteroatoms. The van der Waals surface area contributed by atoms with Crippen molar-refractivity contribution in [2.24, 2.45) is 5.92 Å². The number of rotatable bonds is 6. The van der Waals surface area contributed by atoms with Gasteiger partial charge >= 0.3 is 0 Å². The molecule has 0 bridgehead atoms. The Kier molecular flexibility index (Phi) is 6.05. The Morgan fingerprint density at radius 2 is 1.52 bits per heavy atom. The fourth-order valence-electron chi connectivity index (χ4n) is 3.74. The van der Waals surface area contributed by atoms with Crippen molar-refractivity contribution in [1.82, 2.24) is 5.32 Å². The molecule has 1 fully saturated rings. The molecule has 0 saturated heterocycles. The van der Waals surface area contributed by atoms with Gasteiger partial charge < -0.3 is 5.32 Å². The molecule has 2 aromatic carbocycles. The zero-order chi connectivity index (χ0) is 19.4. The standard InChI is InChI=1S/C23H27NO2S/c1-23(2,27)21(25)20(18-10-6-7-11-18)24-22(26)19-14-12-17(13-15-19)16-8-4-3-5-9-16/h3-5,8-9,12-15,18,20,27H,6-7,10-11H2,1-2H3,(H,24,26)/t20-/m0/s1. The van der Waals surface area contributed by atoms with Crippen molar-refractivity contribution >= 4 is 24.3 Å². The van der Waals surface area contributed by atoms with Gasteiger partial charge in [-0.3, -0.25) is 9.59 Å². The molecule has 0 heterocycles. The first kappa shape index (κ1) is 19.7. The molecule has 0 aromatic heterocycles. The summed E-state index contributed by atoms with van der Waals surface area (Å²) in [4.78, 5) is 25.7. The third-order valence-electron chi connectivity index (χ3n) is 5.30. The zero-order valence-corrected chi connectivity index (χ0v) is 16.8. The quantitative estimate of drug-likeness (QED) is 0.698. The van der Waals surface area contributed by atoms with Gasteiger partial charge in [-0.1, -0.05) is 55.3 Å². The van der Waals surface area contributed by atoms with Crippen LogP contribution in [0.25, 0.3) is 11.1 Å². The number of benzene rings is 2. The highest BCUT2D eigenvalue weighted by Gasteiger charge is 2.38. The minimum Gasteiger partial charge on any atom is -0.342 e. The monoisotopic (exact) mass is 381 g/mol. The first-order valence-corrected chi connectivity index (χ1v) is 10.0. The minimum atomic E-state index is -0.766. The van der Waals surface area contributed by atoms with Gasteiger partial charge in [0.2, 0.25) is 0 Å². The SMILES string of the molecule is CC(C)(S)C(=O)[C@@H](NC(=O)c1ccc(-c2ccccc2)cc1)C1CCCC1. The number of Topliss-reactive ketones (excluding diaryl/α,β-unsaturated/α-hetero) is 1. The Morgan fingerprint density at radius 1 is 0.963 bits per heavy atom. The summed E-state index contributed by atoms with van der Waals surface area (Å²) in [7, 11) is 0. The van der Waals surface area contributed by atoms with Crippen molar-refractivity contribution in [3.8, 4) is 11.1 Å². The lowest BCUT2D eigenvalue weighted by Gasteiger charge is -2.29. The molecular formula is C23H27NO2S. The van der Waals surface area contributed by atoms with Crippen LogP contribution in [0.2, 0.25) is 0 Å². The summed E-state index contributed by atoms with van der Waals surface area (Å²) in [5.41, 5.74) is 2.75. The lowest BCUT2D eigenvalue weighted by atomic mass is 9.88. The van der Waals surface area contributed by atoms with Crippen LogP contribution in [0.5, 0.6) is 0 Å². The van der Waals surface area contributed by atoms with Crippen LogP contribution in [-0.4, -0.2) is 22.5 Å². The second kappa shape index (κ2) is 8.30. The summed E-state index contributed by atoms with van der Waals surface area (Å²) in [6.45, 7) is 3.59. The zero-order valence-electron chi connectivity index (χ0n) is 15.9. The fourth-order valence-corrected chi connectivity index (χ4v) is 3.88. The minimum absolute atomic E-state index is 0.00742. The highest BCUT2D eigenvalue weighted by atomic mass is 32.1. The molecule has 27 heavy (non-hydrogen) atoms. The first-order valence-electron chi connectivity index (χ1n) is 9.59. The first-order chi connectivity index (χ1) is 12.9. The van der Waals surface area contributed by atoms with Crippen LogP contribution in [-0.2, 0) is 4.79 Å². The van der Waals surface area contributed by atoms with E-state index in [1.54, 1.807) is 13.8 Å². The van der Waals surface area contributed by atoms with Gasteiger partial charge in [0.25, 0.3) is 5.91 Å². The molecule has 0 unspecified atom stereocenters. The van der Waals surface area contributed by atoms with E-state index in [0.717, 1.165) is 36.8 Å². The predicted molar refractivity (Wildman–Crippen MR) is 113 cm³/mol. The van der Waals surface area contributed by atoms with Crippen molar-refractivity contribution < 1.29 is 9.59 Å². The molecule has 1 aliphatic carbocycles. The Labute approximate surface area is 167 Å². The molecule has 0 spiro atoms. The number of ketones is 1. The van der Waals surface area contributed by atoms with Gasteiger partial charge in [0, 0.05) is 5.56 Å². The van der Waals surface area contributed by atoms with E-state index in [0.29, 0.717) is 5.56 Å². The third-order valence-corrected chi connectivity index (χ3v) is 5.52. The van der Waals surface area contributed by atoms with Crippen molar-refractivity contribution in [3.05, 3.63) is 60.2 Å². The van der Waals surface area contributed by atoms with Gasteiger partial charge in [-0.15, -0.1) is 0 Å². The van der Waals surface area contributed by atoms with E-state index >= 15 is 0 Å². The van der Waals surface area contributed by atoms with E-state index in [1.807, 2.05) is 54.6 Å². The molecule has 1 saturated carbocycles. The summed E-state index contributed by atoms with van der Waals surface area (Å²) >= 11 is 4.44. The summed E-state index contributed by atoms with van der Waals surface area (Å²) in [6.07, 6.45) is 4.19. The number of hydrogen-bond acceptors (Lipinski definition) is 3. The highest BCUT2D eigenvalue weighted by Crippen LogP contribution is 2.31. The number of nitrogens with one attached hydrogen (secondary N) is 1. The second-order valence-corrected chi connectivity index (χ2v) is 8.98. The van der Waals surface area contributed by atoms with Crippen LogP contribution in [0.3, 0.4) is 0 Å². The maximum atomic E-state index is 12.9. The van der Waals surface area contributed by atoms with Gasteiger partial charge in [-0.05, 0) is 55.9 Å². The third kappa shape index (κ3) is 4.81. The van der Waals surface area contributed by atoms with Gasteiger partial charge in [0.1, 0.15) is 0 Å². The summed E-state index contributed by atoms with van der Waals surface area (Å²) in [6, 6.07) is 17.1. The maximum Gasteiger partial charge on any atom is 0.251 e. The summed E-state index contributed by atoms with van der Waals surface area (Å²) in [5.74, 6) is 0.000834. The van der Waals surface area contributed by atoms with Crippen LogP contribution < -0.4 is 5.32 Å². The molecule has 1 N–H and O–H groups in total. The van der Waals surface area contributed by atoms with Gasteiger partial charge in [-0.25, -0.2) is 0 Å². The summed E-state index contributed by atoms with van der Waals surface area (Å²) in [5, 5.41) is 3.00. The topological polar surface area (TPSA) is 46.2 Å². The molecule has 0 radical (unpaired) electrons. The van der Waals surface area contributed by atoms with E-state index < -0.39 is 10.8 Å². The Hall–Kier alpha value is -2.07. The number of amides is 1.